The van der Waals surface area contributed by atoms with Gasteiger partial charge in [0.2, 0.25) is 0 Å². The van der Waals surface area contributed by atoms with Crippen molar-refractivity contribution in [1.82, 2.24) is 14.1 Å². The molecule has 0 N–H and O–H groups in total. The number of aromatic nitrogens is 3. The van der Waals surface area contributed by atoms with Crippen molar-refractivity contribution in [2.24, 2.45) is 0 Å². The largest absolute Gasteiger partial charge is 0.458 e. The second-order valence-electron chi connectivity index (χ2n) is 16.8. The molecule has 2 aliphatic rings. The highest BCUT2D eigenvalue weighted by atomic mass is 32.1. The fourth-order valence-corrected chi connectivity index (χ4v) is 11.7. The molecule has 0 saturated heterocycles. The van der Waals surface area contributed by atoms with E-state index in [0.717, 1.165) is 75.2 Å². The van der Waals surface area contributed by atoms with Crippen LogP contribution in [0.25, 0.3) is 97.7 Å². The normalized spacial score (nSPS) is 14.5. The van der Waals surface area contributed by atoms with Crippen LogP contribution in [0.3, 0.4) is 0 Å². The number of hydrogen-bond acceptors (Lipinski definition) is 4. The highest BCUT2D eigenvalue weighted by Crippen LogP contribution is 2.44. The summed E-state index contributed by atoms with van der Waals surface area (Å²) in [7, 11) is 0. The van der Waals surface area contributed by atoms with Crippen LogP contribution in [-0.2, 0) is 0 Å². The zero-order valence-electron chi connectivity index (χ0n) is 42.7. The van der Waals surface area contributed by atoms with Gasteiger partial charge in [0, 0.05) is 54.1 Å². The Morgan fingerprint density at radius 1 is 0.470 bits per heavy atom. The number of ether oxygens (including phenoxy) is 2. The number of fused-ring (bicyclic) bond motifs is 14. The summed E-state index contributed by atoms with van der Waals surface area (Å²) in [4.78, 5) is 5.41. The third-order valence-electron chi connectivity index (χ3n) is 13.3. The molecule has 306 valence electrons. The minimum atomic E-state index is -0.513. The van der Waals surface area contributed by atoms with Gasteiger partial charge in [-0.1, -0.05) is 139 Å². The zero-order chi connectivity index (χ0) is 50.0. The molecule has 0 aliphatic carbocycles. The van der Waals surface area contributed by atoms with Gasteiger partial charge in [0.1, 0.15) is 28.8 Å². The Labute approximate surface area is 394 Å². The maximum Gasteiger partial charge on any atom is 0.260 e. The van der Waals surface area contributed by atoms with Gasteiger partial charge in [0.15, 0.2) is 0 Å². The van der Waals surface area contributed by atoms with Gasteiger partial charge >= 0.3 is 0 Å². The van der Waals surface area contributed by atoms with Crippen LogP contribution >= 0.6 is 11.3 Å². The molecule has 0 spiro atoms. The Kier molecular flexibility index (Phi) is 5.99. The van der Waals surface area contributed by atoms with Crippen molar-refractivity contribution in [3.8, 4) is 56.9 Å². The number of hydrogen-bond donors (Lipinski definition) is 0. The molecule has 0 bridgehead atoms. The van der Waals surface area contributed by atoms with Crippen LogP contribution in [0, 0.1) is 0 Å². The van der Waals surface area contributed by atoms with E-state index in [1.54, 1.807) is 11.3 Å². The van der Waals surface area contributed by atoms with Gasteiger partial charge in [-0.15, -0.1) is 11.3 Å². The molecule has 0 unspecified atom stereocenters. The van der Waals surface area contributed by atoms with E-state index in [4.69, 9.17) is 19.9 Å². The topological polar surface area (TPSA) is 41.2 Å². The molecular weight excluding hydrogens is 826 g/mol. The van der Waals surface area contributed by atoms with Gasteiger partial charge in [0.05, 0.1) is 49.1 Å². The van der Waals surface area contributed by atoms with Crippen LogP contribution in [0.4, 0.5) is 0 Å². The lowest BCUT2D eigenvalue weighted by atomic mass is 9.34. The van der Waals surface area contributed by atoms with Crippen molar-refractivity contribution >= 4 is 98.2 Å². The summed E-state index contributed by atoms with van der Waals surface area (Å²) >= 11 is 1.71. The average Bonchev–Trinajstić information content (AvgIpc) is 4.13. The van der Waals surface area contributed by atoms with Crippen LogP contribution in [0.15, 0.2) is 206 Å². The molecule has 0 atom stereocenters. The molecule has 9 aromatic carbocycles. The van der Waals surface area contributed by atoms with Crippen molar-refractivity contribution in [1.29, 1.82) is 0 Å². The van der Waals surface area contributed by atoms with Crippen LogP contribution in [-0.4, -0.2) is 20.8 Å². The standard InChI is InChI=1S/C59H34BN3O2S/c1-2-13-35(14-3-1)36-25-29-51-45(31-36)60-46-32-37(26-30-52(46)65-54-23-12-22-53(64-51)57(54)60)47-33-38(34-56(61-47)63-49-20-9-4-15-39(49)40-16-5-10-21-50(40)63)62-48-19-8-6-17-41(48)43-27-28-44-42-18-7-11-24-55(42)66-59(44)58(43)62/h1-34H/i4D,5D,9D,10D,15D,16D,20D,21D. The van der Waals surface area contributed by atoms with E-state index in [0.29, 0.717) is 34.2 Å². The molecule has 7 heteroatoms. The Morgan fingerprint density at radius 2 is 1.12 bits per heavy atom. The lowest BCUT2D eigenvalue weighted by molar-refractivity contribution is 0.464. The molecule has 6 heterocycles. The van der Waals surface area contributed by atoms with Gasteiger partial charge in [-0.2, -0.15) is 0 Å². The molecule has 2 aliphatic heterocycles. The zero-order valence-corrected chi connectivity index (χ0v) is 35.5. The Hall–Kier alpha value is -8.39. The first-order valence-electron chi connectivity index (χ1n) is 25.7. The molecule has 4 aromatic heterocycles. The third kappa shape index (κ3) is 5.09. The number of rotatable bonds is 4. The predicted octanol–water partition coefficient (Wildman–Crippen LogP) is 13.7. The minimum Gasteiger partial charge on any atom is -0.458 e. The van der Waals surface area contributed by atoms with Gasteiger partial charge < -0.3 is 14.0 Å². The number of thiophene rings is 1. The van der Waals surface area contributed by atoms with Crippen molar-refractivity contribution in [3.05, 3.63) is 206 Å². The smallest absolute Gasteiger partial charge is 0.260 e. The lowest BCUT2D eigenvalue weighted by Crippen LogP contribution is -2.57. The van der Waals surface area contributed by atoms with Gasteiger partial charge in [0.25, 0.3) is 6.71 Å². The van der Waals surface area contributed by atoms with E-state index in [1.165, 1.54) is 4.57 Å². The summed E-state index contributed by atoms with van der Waals surface area (Å²) in [6.45, 7) is -0.303. The van der Waals surface area contributed by atoms with E-state index in [1.807, 2.05) is 84.9 Å². The summed E-state index contributed by atoms with van der Waals surface area (Å²) in [6.07, 6.45) is 0. The second kappa shape index (κ2) is 13.6. The van der Waals surface area contributed by atoms with Crippen molar-refractivity contribution in [2.45, 2.75) is 0 Å². The van der Waals surface area contributed by atoms with Gasteiger partial charge in [-0.25, -0.2) is 4.98 Å². The molecule has 5 nitrogen and oxygen atoms in total. The van der Waals surface area contributed by atoms with Crippen LogP contribution in [0.2, 0.25) is 0 Å². The van der Waals surface area contributed by atoms with Crippen molar-refractivity contribution < 1.29 is 20.4 Å². The highest BCUT2D eigenvalue weighted by Gasteiger charge is 2.40. The fourth-order valence-electron chi connectivity index (χ4n) is 10.4. The fraction of sp³-hybridized carbons (Fsp3) is 0. The Bertz CT molecular complexity index is 4600. The van der Waals surface area contributed by atoms with E-state index in [9.17, 15) is 5.48 Å². The van der Waals surface area contributed by atoms with Crippen LogP contribution in [0.5, 0.6) is 23.0 Å². The number of para-hydroxylation sites is 3. The van der Waals surface area contributed by atoms with Gasteiger partial charge in [-0.3, -0.25) is 4.57 Å². The number of benzene rings is 9. The first-order chi connectivity index (χ1) is 36.0. The van der Waals surface area contributed by atoms with E-state index in [2.05, 4.69) is 77.4 Å². The summed E-state index contributed by atoms with van der Waals surface area (Å²) in [6, 6.07) is 49.6. The van der Waals surface area contributed by atoms with Crippen molar-refractivity contribution in [3.63, 3.8) is 0 Å². The number of pyridine rings is 1. The summed E-state index contributed by atoms with van der Waals surface area (Å²) in [5.41, 5.74) is 8.60. The highest BCUT2D eigenvalue weighted by molar-refractivity contribution is 7.26. The van der Waals surface area contributed by atoms with E-state index in [-0.39, 0.29) is 34.3 Å². The third-order valence-corrected chi connectivity index (χ3v) is 14.5. The molecule has 13 aromatic rings. The first-order valence-corrected chi connectivity index (χ1v) is 22.5. The van der Waals surface area contributed by atoms with E-state index < -0.39 is 48.3 Å². The quantitative estimate of drug-likeness (QED) is 0.166. The van der Waals surface area contributed by atoms with Crippen molar-refractivity contribution in [2.75, 3.05) is 0 Å². The lowest BCUT2D eigenvalue weighted by Gasteiger charge is -2.33. The molecule has 66 heavy (non-hydrogen) atoms. The molecular formula is C59H34BN3O2S. The van der Waals surface area contributed by atoms with E-state index >= 15 is 0 Å². The number of nitrogens with zero attached hydrogens (tertiary/aromatic N) is 3. The SMILES string of the molecule is [2H]c1c([2H])c([2H])c2c(c1[2H])c1c([2H])c([2H])c([2H])c([2H])c1n2-c1cc(-n2c3ccccc3c3ccc4c5ccccc5sc4c32)cc(-c2ccc3c(c2)B2c4cc(-c5ccccc5)ccc4Oc4cccc(c42)O3)n1. The molecule has 0 saturated carbocycles. The summed E-state index contributed by atoms with van der Waals surface area (Å²) < 4.78 is 91.9. The molecule has 15 rings (SSSR count). The monoisotopic (exact) mass is 867 g/mol. The Morgan fingerprint density at radius 3 is 1.89 bits per heavy atom. The first kappa shape index (κ1) is 29.1. The van der Waals surface area contributed by atoms with Gasteiger partial charge in [-0.05, 0) is 82.7 Å². The molecule has 0 radical (unpaired) electrons. The minimum absolute atomic E-state index is 0.0151. The van der Waals surface area contributed by atoms with Crippen LogP contribution in [0.1, 0.15) is 11.0 Å². The maximum atomic E-state index is 9.44. The molecule has 0 fully saturated rings. The summed E-state index contributed by atoms with van der Waals surface area (Å²) in [5.74, 6) is 2.99. The second-order valence-corrected chi connectivity index (χ2v) is 17.9. The summed E-state index contributed by atoms with van der Waals surface area (Å²) in [5, 5.41) is 4.26. The average molecular weight is 868 g/mol. The Balaban J connectivity index is 1.06. The maximum absolute atomic E-state index is 9.44. The molecule has 0 amide bonds. The van der Waals surface area contributed by atoms with Crippen LogP contribution < -0.4 is 25.9 Å². The predicted molar refractivity (Wildman–Crippen MR) is 274 cm³/mol.